The van der Waals surface area contributed by atoms with E-state index in [1.54, 1.807) is 10.4 Å². The first-order chi connectivity index (χ1) is 18.4. The predicted octanol–water partition coefficient (Wildman–Crippen LogP) is 7.32. The van der Waals surface area contributed by atoms with Gasteiger partial charge in [0.15, 0.2) is 0 Å². The van der Waals surface area contributed by atoms with Crippen molar-refractivity contribution >= 4 is 20.8 Å². The van der Waals surface area contributed by atoms with E-state index in [9.17, 15) is 8.42 Å². The van der Waals surface area contributed by atoms with Crippen LogP contribution in [0.5, 0.6) is 0 Å². The van der Waals surface area contributed by atoms with Crippen LogP contribution in [0.4, 0.5) is 0 Å². The molecule has 4 nitrogen and oxygen atoms in total. The van der Waals surface area contributed by atoms with Crippen LogP contribution < -0.4 is 0 Å². The van der Waals surface area contributed by atoms with Gasteiger partial charge in [-0.05, 0) is 69.0 Å². The Hall–Kier alpha value is -2.99. The Kier molecular flexibility index (Phi) is 8.95. The van der Waals surface area contributed by atoms with Crippen molar-refractivity contribution in [2.75, 3.05) is 27.2 Å². The minimum absolute atomic E-state index is 0.358. The van der Waals surface area contributed by atoms with Crippen molar-refractivity contribution in [2.24, 2.45) is 0 Å². The van der Waals surface area contributed by atoms with Gasteiger partial charge in [-0.25, -0.2) is 8.42 Å². The number of rotatable bonds is 11. The summed E-state index contributed by atoms with van der Waals surface area (Å²) in [5.74, 6) is 0. The summed E-state index contributed by atoms with van der Waals surface area (Å²) >= 11 is 0. The molecule has 4 aromatic rings. The highest BCUT2D eigenvalue weighted by Gasteiger charge is 2.25. The molecule has 0 radical (unpaired) electrons. The molecule has 0 saturated carbocycles. The zero-order valence-corrected chi connectivity index (χ0v) is 25.2. The number of unbranched alkanes of at least 4 members (excludes halogenated alkanes) is 1. The molecule has 4 rings (SSSR count). The van der Waals surface area contributed by atoms with E-state index in [1.165, 1.54) is 16.7 Å². The van der Waals surface area contributed by atoms with E-state index in [1.807, 2.05) is 36.4 Å². The van der Waals surface area contributed by atoms with Crippen molar-refractivity contribution in [2.45, 2.75) is 58.5 Å². The van der Waals surface area contributed by atoms with E-state index < -0.39 is 10.0 Å². The summed E-state index contributed by atoms with van der Waals surface area (Å²) in [6.07, 6.45) is 1.76. The summed E-state index contributed by atoms with van der Waals surface area (Å²) in [6.45, 7) is 11.2. The third-order valence-electron chi connectivity index (χ3n) is 7.31. The molecule has 0 unspecified atom stereocenters. The van der Waals surface area contributed by atoms with Gasteiger partial charge in [0.2, 0.25) is 10.0 Å². The van der Waals surface area contributed by atoms with E-state index in [0.717, 1.165) is 57.9 Å². The molecule has 0 amide bonds. The van der Waals surface area contributed by atoms with Gasteiger partial charge < -0.3 is 4.48 Å². The topological polar surface area (TPSA) is 37.4 Å². The average Bonchev–Trinajstić information content (AvgIpc) is 2.84. The second-order valence-electron chi connectivity index (χ2n) is 11.9. The quantitative estimate of drug-likeness (QED) is 0.147. The van der Waals surface area contributed by atoms with Crippen LogP contribution in [0.25, 0.3) is 10.8 Å². The highest BCUT2D eigenvalue weighted by Crippen LogP contribution is 2.25. The number of hydrogen-bond acceptors (Lipinski definition) is 2. The van der Waals surface area contributed by atoms with Crippen LogP contribution >= 0.6 is 0 Å². The first kappa shape index (κ1) is 29.0. The second-order valence-corrected chi connectivity index (χ2v) is 13.8. The highest BCUT2D eigenvalue weighted by atomic mass is 32.2. The van der Waals surface area contributed by atoms with E-state index in [2.05, 4.69) is 78.2 Å². The Morgan fingerprint density at radius 1 is 0.667 bits per heavy atom. The summed E-state index contributed by atoms with van der Waals surface area (Å²) in [5, 5.41) is 1.98. The normalized spacial score (nSPS) is 12.4. The molecule has 0 N–H and O–H groups in total. The lowest BCUT2D eigenvalue weighted by Gasteiger charge is -2.31. The molecule has 0 aliphatic rings. The Balaban J connectivity index is 1.50. The molecule has 0 saturated heterocycles. The third kappa shape index (κ3) is 7.78. The number of sulfonamides is 1. The number of benzene rings is 4. The lowest BCUT2D eigenvalue weighted by Crippen LogP contribution is -2.40. The van der Waals surface area contributed by atoms with Crippen molar-refractivity contribution in [1.82, 2.24) is 4.31 Å². The molecular formula is C34H43N2O2S+. The first-order valence-electron chi connectivity index (χ1n) is 13.9. The van der Waals surface area contributed by atoms with Crippen LogP contribution in [0, 0.1) is 27.7 Å². The van der Waals surface area contributed by atoms with Gasteiger partial charge in [-0.2, -0.15) is 4.31 Å². The molecular weight excluding hydrogens is 500 g/mol. The number of nitrogens with zero attached hydrogens (tertiary/aromatic N) is 2. The van der Waals surface area contributed by atoms with Crippen LogP contribution in [-0.4, -0.2) is 44.4 Å². The van der Waals surface area contributed by atoms with E-state index in [-0.39, 0.29) is 0 Å². The fourth-order valence-corrected chi connectivity index (χ4v) is 7.19. The summed E-state index contributed by atoms with van der Waals surface area (Å²) < 4.78 is 30.5. The third-order valence-corrected chi connectivity index (χ3v) is 9.15. The van der Waals surface area contributed by atoms with Crippen molar-refractivity contribution in [3.05, 3.63) is 112 Å². The fraction of sp³-hybridized carbons (Fsp3) is 0.353. The van der Waals surface area contributed by atoms with Gasteiger partial charge in [-0.15, -0.1) is 0 Å². The van der Waals surface area contributed by atoms with Gasteiger partial charge in [0, 0.05) is 18.7 Å². The van der Waals surface area contributed by atoms with E-state index in [4.69, 9.17) is 0 Å². The summed E-state index contributed by atoms with van der Waals surface area (Å²) in [5.41, 5.74) is 7.28. The van der Waals surface area contributed by atoms with Crippen LogP contribution in [0.2, 0.25) is 0 Å². The van der Waals surface area contributed by atoms with Crippen LogP contribution in [0.1, 0.15) is 46.2 Å². The molecule has 0 fully saturated rings. The molecule has 4 aromatic carbocycles. The number of quaternary nitrogens is 1. The van der Waals surface area contributed by atoms with Gasteiger partial charge in [0.25, 0.3) is 0 Å². The first-order valence-corrected chi connectivity index (χ1v) is 15.3. The largest absolute Gasteiger partial charge is 0.325 e. The molecule has 0 aromatic heterocycles. The predicted molar refractivity (Wildman–Crippen MR) is 163 cm³/mol. The zero-order chi connectivity index (χ0) is 28.2. The number of aryl methyl sites for hydroxylation is 4. The molecule has 5 heteroatoms. The van der Waals surface area contributed by atoms with Crippen molar-refractivity contribution in [3.8, 4) is 0 Å². The van der Waals surface area contributed by atoms with Gasteiger partial charge in [0.05, 0.1) is 25.5 Å². The van der Waals surface area contributed by atoms with Crippen molar-refractivity contribution in [3.63, 3.8) is 0 Å². The molecule has 0 aliphatic carbocycles. The molecule has 206 valence electrons. The van der Waals surface area contributed by atoms with Gasteiger partial charge in [-0.3, -0.25) is 0 Å². The fourth-order valence-electron chi connectivity index (χ4n) is 5.69. The summed E-state index contributed by atoms with van der Waals surface area (Å²) in [4.78, 5) is 0.358. The molecule has 0 bridgehead atoms. The Morgan fingerprint density at radius 3 is 1.85 bits per heavy atom. The van der Waals surface area contributed by atoms with Gasteiger partial charge in [0.1, 0.15) is 6.54 Å². The molecule has 0 atom stereocenters. The smallest absolute Gasteiger partial charge is 0.243 e. The zero-order valence-electron chi connectivity index (χ0n) is 24.4. The highest BCUT2D eigenvalue weighted by molar-refractivity contribution is 7.89. The average molecular weight is 544 g/mol. The monoisotopic (exact) mass is 543 g/mol. The lowest BCUT2D eigenvalue weighted by atomic mass is 10.1. The van der Waals surface area contributed by atoms with E-state index >= 15 is 0 Å². The Labute approximate surface area is 235 Å². The van der Waals surface area contributed by atoms with Gasteiger partial charge >= 0.3 is 0 Å². The van der Waals surface area contributed by atoms with Gasteiger partial charge in [-0.1, -0.05) is 89.0 Å². The molecule has 0 heterocycles. The molecule has 39 heavy (non-hydrogen) atoms. The van der Waals surface area contributed by atoms with Crippen molar-refractivity contribution in [1.29, 1.82) is 0 Å². The maximum Gasteiger partial charge on any atom is 0.243 e. The van der Waals surface area contributed by atoms with E-state index in [0.29, 0.717) is 18.0 Å². The summed E-state index contributed by atoms with van der Waals surface area (Å²) in [7, 11) is 0.859. The minimum Gasteiger partial charge on any atom is -0.325 e. The molecule has 0 aliphatic heterocycles. The standard InChI is InChI=1S/C34H43N2O2S/c1-26-17-27(2)20-30(19-26)24-35(39(37,38)34-14-13-32-11-7-8-12-33(32)23-34)15-9-10-16-36(5,6)25-31-21-28(3)18-29(4)22-31/h7-8,11-14,17-23H,9-10,15-16,24-25H2,1-6H3/q+1. The van der Waals surface area contributed by atoms with Crippen LogP contribution in [0.15, 0.2) is 83.8 Å². The van der Waals surface area contributed by atoms with Crippen LogP contribution in [-0.2, 0) is 23.1 Å². The maximum atomic E-state index is 14.0. The van der Waals surface area contributed by atoms with Crippen LogP contribution in [0.3, 0.4) is 0 Å². The Morgan fingerprint density at radius 2 is 1.23 bits per heavy atom. The minimum atomic E-state index is -3.66. The number of hydrogen-bond donors (Lipinski definition) is 0. The lowest BCUT2D eigenvalue weighted by molar-refractivity contribution is -0.903. The maximum absolute atomic E-state index is 14.0. The molecule has 0 spiro atoms. The number of fused-ring (bicyclic) bond motifs is 1. The summed E-state index contributed by atoms with van der Waals surface area (Å²) in [6, 6.07) is 26.4. The Bertz CT molecular complexity index is 1520. The SMILES string of the molecule is Cc1cc(C)cc(CN(CCCC[N+](C)(C)Cc2cc(C)cc(C)c2)S(=O)(=O)c2ccc3ccccc3c2)c1. The second kappa shape index (κ2) is 12.0. The van der Waals surface area contributed by atoms with Crippen molar-refractivity contribution < 1.29 is 12.9 Å².